The van der Waals surface area contributed by atoms with Crippen molar-refractivity contribution in [2.45, 2.75) is 32.7 Å². The van der Waals surface area contributed by atoms with Crippen molar-refractivity contribution < 1.29 is 4.74 Å². The zero-order valence-electron chi connectivity index (χ0n) is 13.3. The molecule has 1 N–H and O–H groups in total. The number of hydrogen-bond acceptors (Lipinski definition) is 2. The van der Waals surface area contributed by atoms with Gasteiger partial charge in [-0.2, -0.15) is 0 Å². The standard InChI is InChI=1S/C19H25NO/c1-5-11-20-19(14(2)3)12-16-8-6-7-15-9-10-17(21-4)13-18(15)16/h6-10,13,19-20H,2,5,11-12H2,1,3-4H3. The van der Waals surface area contributed by atoms with E-state index in [1.54, 1.807) is 7.11 Å². The molecule has 0 fully saturated rings. The molecule has 0 amide bonds. The van der Waals surface area contributed by atoms with E-state index in [1.165, 1.54) is 21.9 Å². The molecular weight excluding hydrogens is 258 g/mol. The third-order valence-electron chi connectivity index (χ3n) is 3.84. The normalized spacial score (nSPS) is 12.3. The van der Waals surface area contributed by atoms with E-state index in [0.29, 0.717) is 6.04 Å². The molecule has 0 aliphatic heterocycles. The lowest BCUT2D eigenvalue weighted by atomic mass is 9.96. The van der Waals surface area contributed by atoms with Gasteiger partial charge in [0.1, 0.15) is 5.75 Å². The predicted molar refractivity (Wildman–Crippen MR) is 91.1 cm³/mol. The molecule has 2 rings (SSSR count). The topological polar surface area (TPSA) is 21.3 Å². The van der Waals surface area contributed by atoms with Crippen LogP contribution in [-0.4, -0.2) is 19.7 Å². The summed E-state index contributed by atoms with van der Waals surface area (Å²) in [7, 11) is 1.71. The van der Waals surface area contributed by atoms with Gasteiger partial charge in [-0.25, -0.2) is 0 Å². The van der Waals surface area contributed by atoms with Crippen molar-refractivity contribution in [2.24, 2.45) is 0 Å². The molecule has 0 aromatic heterocycles. The van der Waals surface area contributed by atoms with Gasteiger partial charge in [-0.1, -0.05) is 43.3 Å². The summed E-state index contributed by atoms with van der Waals surface area (Å²) < 4.78 is 5.36. The molecule has 1 atom stereocenters. The molecule has 0 aliphatic rings. The average molecular weight is 283 g/mol. The Balaban J connectivity index is 2.33. The number of fused-ring (bicyclic) bond motifs is 1. The molecule has 112 valence electrons. The lowest BCUT2D eigenvalue weighted by molar-refractivity contribution is 0.415. The largest absolute Gasteiger partial charge is 0.497 e. The quantitative estimate of drug-likeness (QED) is 0.763. The third-order valence-corrected chi connectivity index (χ3v) is 3.84. The van der Waals surface area contributed by atoms with Crippen LogP contribution >= 0.6 is 0 Å². The zero-order valence-corrected chi connectivity index (χ0v) is 13.3. The zero-order chi connectivity index (χ0) is 15.2. The summed E-state index contributed by atoms with van der Waals surface area (Å²) in [4.78, 5) is 0. The molecule has 1 unspecified atom stereocenters. The number of rotatable bonds is 7. The second kappa shape index (κ2) is 7.28. The van der Waals surface area contributed by atoms with E-state index in [9.17, 15) is 0 Å². The SMILES string of the molecule is C=C(C)C(Cc1cccc2ccc(OC)cc12)NCCC. The second-order valence-corrected chi connectivity index (χ2v) is 5.56. The number of methoxy groups -OCH3 is 1. The fourth-order valence-corrected chi connectivity index (χ4v) is 2.58. The highest BCUT2D eigenvalue weighted by Crippen LogP contribution is 2.25. The Bertz CT molecular complexity index is 618. The summed E-state index contributed by atoms with van der Waals surface area (Å²) >= 11 is 0. The van der Waals surface area contributed by atoms with Crippen molar-refractivity contribution in [2.75, 3.05) is 13.7 Å². The van der Waals surface area contributed by atoms with Gasteiger partial charge >= 0.3 is 0 Å². The Labute approximate surface area is 127 Å². The molecule has 0 aliphatic carbocycles. The van der Waals surface area contributed by atoms with Crippen LogP contribution in [0.2, 0.25) is 0 Å². The first-order chi connectivity index (χ1) is 10.2. The van der Waals surface area contributed by atoms with Crippen LogP contribution in [0.1, 0.15) is 25.8 Å². The first-order valence-electron chi connectivity index (χ1n) is 7.60. The maximum atomic E-state index is 5.36. The second-order valence-electron chi connectivity index (χ2n) is 5.56. The van der Waals surface area contributed by atoms with E-state index in [1.807, 2.05) is 6.07 Å². The smallest absolute Gasteiger partial charge is 0.119 e. The van der Waals surface area contributed by atoms with E-state index < -0.39 is 0 Å². The summed E-state index contributed by atoms with van der Waals surface area (Å²) in [5, 5.41) is 6.10. The maximum Gasteiger partial charge on any atom is 0.119 e. The predicted octanol–water partition coefficient (Wildman–Crippen LogP) is 4.34. The summed E-state index contributed by atoms with van der Waals surface area (Å²) in [6.45, 7) is 9.43. The molecule has 0 bridgehead atoms. The van der Waals surface area contributed by atoms with E-state index in [-0.39, 0.29) is 0 Å². The van der Waals surface area contributed by atoms with Crippen LogP contribution in [0.4, 0.5) is 0 Å². The van der Waals surface area contributed by atoms with Gasteiger partial charge < -0.3 is 10.1 Å². The van der Waals surface area contributed by atoms with Gasteiger partial charge in [-0.05, 0) is 54.8 Å². The summed E-state index contributed by atoms with van der Waals surface area (Å²) in [5.41, 5.74) is 2.52. The molecule has 2 nitrogen and oxygen atoms in total. The van der Waals surface area contributed by atoms with E-state index in [2.05, 4.69) is 56.1 Å². The van der Waals surface area contributed by atoms with E-state index in [4.69, 9.17) is 4.74 Å². The molecule has 2 heteroatoms. The van der Waals surface area contributed by atoms with Crippen molar-refractivity contribution in [3.05, 3.63) is 54.1 Å². The number of ether oxygens (including phenoxy) is 1. The Kier molecular flexibility index (Phi) is 5.40. The monoisotopic (exact) mass is 283 g/mol. The number of hydrogen-bond donors (Lipinski definition) is 1. The first kappa shape index (κ1) is 15.6. The van der Waals surface area contributed by atoms with Crippen LogP contribution in [0, 0.1) is 0 Å². The van der Waals surface area contributed by atoms with Crippen LogP contribution in [0.15, 0.2) is 48.6 Å². The number of benzene rings is 2. The Hall–Kier alpha value is -1.80. The summed E-state index contributed by atoms with van der Waals surface area (Å²) in [6.07, 6.45) is 2.09. The van der Waals surface area contributed by atoms with Crippen molar-refractivity contribution in [1.82, 2.24) is 5.32 Å². The van der Waals surface area contributed by atoms with Crippen LogP contribution in [0.3, 0.4) is 0 Å². The minimum atomic E-state index is 0.321. The van der Waals surface area contributed by atoms with Gasteiger partial charge in [-0.15, -0.1) is 0 Å². The van der Waals surface area contributed by atoms with Crippen molar-refractivity contribution in [1.29, 1.82) is 0 Å². The van der Waals surface area contributed by atoms with Crippen molar-refractivity contribution in [3.63, 3.8) is 0 Å². The molecule has 0 radical (unpaired) electrons. The molecule has 0 saturated heterocycles. The van der Waals surface area contributed by atoms with Gasteiger partial charge in [0.25, 0.3) is 0 Å². The first-order valence-corrected chi connectivity index (χ1v) is 7.60. The van der Waals surface area contributed by atoms with Gasteiger partial charge in [0, 0.05) is 6.04 Å². The average Bonchev–Trinajstić information content (AvgIpc) is 2.50. The minimum Gasteiger partial charge on any atom is -0.497 e. The molecule has 0 spiro atoms. The maximum absolute atomic E-state index is 5.36. The number of nitrogens with one attached hydrogen (secondary N) is 1. The van der Waals surface area contributed by atoms with Crippen molar-refractivity contribution in [3.8, 4) is 5.75 Å². The highest BCUT2D eigenvalue weighted by molar-refractivity contribution is 5.87. The molecule has 0 heterocycles. The lowest BCUT2D eigenvalue weighted by Crippen LogP contribution is -2.32. The Morgan fingerprint density at radius 3 is 2.76 bits per heavy atom. The molecular formula is C19H25NO. The Morgan fingerprint density at radius 2 is 2.10 bits per heavy atom. The third kappa shape index (κ3) is 3.85. The molecule has 2 aromatic carbocycles. The summed E-state index contributed by atoms with van der Waals surface area (Å²) in [6, 6.07) is 13.0. The fourth-order valence-electron chi connectivity index (χ4n) is 2.58. The van der Waals surface area contributed by atoms with Gasteiger partial charge in [0.2, 0.25) is 0 Å². The Morgan fingerprint density at radius 1 is 1.29 bits per heavy atom. The van der Waals surface area contributed by atoms with E-state index in [0.717, 1.165) is 25.1 Å². The van der Waals surface area contributed by atoms with Gasteiger partial charge in [0.05, 0.1) is 7.11 Å². The highest BCUT2D eigenvalue weighted by atomic mass is 16.5. The van der Waals surface area contributed by atoms with Gasteiger partial charge in [0.15, 0.2) is 0 Å². The molecule has 21 heavy (non-hydrogen) atoms. The van der Waals surface area contributed by atoms with Crippen LogP contribution in [-0.2, 0) is 6.42 Å². The van der Waals surface area contributed by atoms with E-state index >= 15 is 0 Å². The van der Waals surface area contributed by atoms with Gasteiger partial charge in [-0.3, -0.25) is 0 Å². The minimum absolute atomic E-state index is 0.321. The molecule has 0 saturated carbocycles. The highest BCUT2D eigenvalue weighted by Gasteiger charge is 2.11. The lowest BCUT2D eigenvalue weighted by Gasteiger charge is -2.20. The fraction of sp³-hybridized carbons (Fsp3) is 0.368. The van der Waals surface area contributed by atoms with Crippen LogP contribution in [0.5, 0.6) is 5.75 Å². The van der Waals surface area contributed by atoms with Crippen molar-refractivity contribution >= 4 is 10.8 Å². The van der Waals surface area contributed by atoms with Crippen LogP contribution in [0.25, 0.3) is 10.8 Å². The molecule has 2 aromatic rings. The van der Waals surface area contributed by atoms with Crippen LogP contribution < -0.4 is 10.1 Å². The summed E-state index contributed by atoms with van der Waals surface area (Å²) in [5.74, 6) is 0.906.